The van der Waals surface area contributed by atoms with E-state index in [2.05, 4.69) is 0 Å². The van der Waals surface area contributed by atoms with Crippen LogP contribution in [0.25, 0.3) is 6.08 Å². The van der Waals surface area contributed by atoms with Crippen LogP contribution in [0.1, 0.15) is 21.5 Å². The highest BCUT2D eigenvalue weighted by Gasteiger charge is 2.40. The van der Waals surface area contributed by atoms with Crippen LogP contribution < -0.4 is 9.47 Å². The third kappa shape index (κ3) is 5.96. The Morgan fingerprint density at radius 3 is 2.43 bits per heavy atom. The molecule has 0 atom stereocenters. The van der Waals surface area contributed by atoms with Crippen molar-refractivity contribution in [3.05, 3.63) is 59.2 Å². The van der Waals surface area contributed by atoms with Gasteiger partial charge in [0.2, 0.25) is 0 Å². The molecule has 0 aliphatic carbocycles. The van der Waals surface area contributed by atoms with Crippen LogP contribution in [0, 0.1) is 0 Å². The zero-order valence-electron chi connectivity index (χ0n) is 16.2. The van der Waals surface area contributed by atoms with E-state index in [1.54, 1.807) is 6.07 Å². The Bertz CT molecular complexity index is 912. The summed E-state index contributed by atoms with van der Waals surface area (Å²) in [5, 5.41) is 9.59. The van der Waals surface area contributed by atoms with E-state index >= 15 is 0 Å². The van der Waals surface area contributed by atoms with E-state index in [4.69, 9.17) is 14.2 Å². The number of ether oxygens (including phenoxy) is 3. The predicted octanol–water partition coefficient (Wildman–Crippen LogP) is 4.72. The second-order valence-electron chi connectivity index (χ2n) is 6.21. The minimum Gasteiger partial charge on any atom is -0.504 e. The van der Waals surface area contributed by atoms with Crippen LogP contribution in [-0.4, -0.2) is 44.1 Å². The number of carbonyl (C=O) groups is 1. The first-order chi connectivity index (χ1) is 14.2. The lowest BCUT2D eigenvalue weighted by Gasteiger charge is -2.16. The normalized spacial score (nSPS) is 11.8. The first-order valence-electron chi connectivity index (χ1n) is 8.68. The molecule has 1 N–H and O–H groups in total. The summed E-state index contributed by atoms with van der Waals surface area (Å²) in [6.45, 7) is -1.81. The molecular weight excluding hydrogens is 408 g/mol. The second-order valence-corrected chi connectivity index (χ2v) is 6.21. The van der Waals surface area contributed by atoms with Crippen molar-refractivity contribution in [3.8, 4) is 17.2 Å². The monoisotopic (exact) mass is 428 g/mol. The number of methoxy groups -OCH3 is 2. The number of alkyl halides is 4. The number of ketones is 1. The minimum atomic E-state index is -4.25. The number of allylic oxidation sites excluding steroid dienone is 1. The van der Waals surface area contributed by atoms with Gasteiger partial charge in [-0.2, -0.15) is 8.78 Å². The molecule has 0 fully saturated rings. The number of phenols is 1. The summed E-state index contributed by atoms with van der Waals surface area (Å²) in [6.07, 6.45) is -1.06. The van der Waals surface area contributed by atoms with Crippen LogP contribution in [0.5, 0.6) is 17.2 Å². The van der Waals surface area contributed by atoms with Gasteiger partial charge in [-0.25, -0.2) is 8.78 Å². The molecule has 0 saturated carbocycles. The molecule has 30 heavy (non-hydrogen) atoms. The SMILES string of the molecule is COc1cc(C(=O)/C=C/c2ccc(OC)c(COCC(F)(F)C(F)F)c2)ccc1O. The zero-order valence-corrected chi connectivity index (χ0v) is 16.2. The van der Waals surface area contributed by atoms with Gasteiger partial charge in [-0.1, -0.05) is 12.1 Å². The van der Waals surface area contributed by atoms with E-state index in [1.165, 1.54) is 56.7 Å². The summed E-state index contributed by atoms with van der Waals surface area (Å²) in [6, 6.07) is 8.84. The molecule has 162 valence electrons. The number of hydrogen-bond donors (Lipinski definition) is 1. The lowest BCUT2D eigenvalue weighted by atomic mass is 10.1. The van der Waals surface area contributed by atoms with Gasteiger partial charge in [-0.15, -0.1) is 0 Å². The standard InChI is InChI=1S/C21H20F4O5/c1-28-18-8-4-13(9-15(18)11-30-12-21(24,25)20(22)23)3-6-16(26)14-5-7-17(27)19(10-14)29-2/h3-10,20,27H,11-12H2,1-2H3/b6-3+. The quantitative estimate of drug-likeness (QED) is 0.337. The van der Waals surface area contributed by atoms with E-state index in [-0.39, 0.29) is 29.5 Å². The maximum Gasteiger partial charge on any atom is 0.330 e. The topological polar surface area (TPSA) is 65.0 Å². The highest BCUT2D eigenvalue weighted by molar-refractivity contribution is 6.07. The van der Waals surface area contributed by atoms with Crippen molar-refractivity contribution in [1.29, 1.82) is 0 Å². The fourth-order valence-corrected chi connectivity index (χ4v) is 2.47. The van der Waals surface area contributed by atoms with Crippen LogP contribution in [-0.2, 0) is 11.3 Å². The number of halogens is 4. The lowest BCUT2D eigenvalue weighted by Crippen LogP contribution is -2.32. The van der Waals surface area contributed by atoms with Crippen LogP contribution in [0.4, 0.5) is 17.6 Å². The average Bonchev–Trinajstić information content (AvgIpc) is 2.72. The van der Waals surface area contributed by atoms with Crippen molar-refractivity contribution in [1.82, 2.24) is 0 Å². The molecule has 0 radical (unpaired) electrons. The van der Waals surface area contributed by atoms with Crippen molar-refractivity contribution in [2.24, 2.45) is 0 Å². The molecule has 2 rings (SSSR count). The Balaban J connectivity index is 2.12. The maximum absolute atomic E-state index is 13.0. The van der Waals surface area contributed by atoms with Gasteiger partial charge in [0.1, 0.15) is 12.4 Å². The number of benzene rings is 2. The van der Waals surface area contributed by atoms with Gasteiger partial charge in [0.15, 0.2) is 17.3 Å². The average molecular weight is 428 g/mol. The van der Waals surface area contributed by atoms with Crippen molar-refractivity contribution < 1.29 is 41.7 Å². The molecule has 9 heteroatoms. The number of rotatable bonds is 10. The number of aromatic hydroxyl groups is 1. The summed E-state index contributed by atoms with van der Waals surface area (Å²) in [5.41, 5.74) is 1.17. The molecule has 0 aromatic heterocycles. The molecule has 0 spiro atoms. The molecule has 0 aliphatic heterocycles. The van der Waals surface area contributed by atoms with Crippen LogP contribution in [0.3, 0.4) is 0 Å². The molecule has 2 aromatic carbocycles. The number of carbonyl (C=O) groups excluding carboxylic acids is 1. The second kappa shape index (κ2) is 10.1. The zero-order chi connectivity index (χ0) is 22.3. The molecule has 0 saturated heterocycles. The number of phenolic OH excluding ortho intramolecular Hbond substituents is 1. The van der Waals surface area contributed by atoms with Gasteiger partial charge in [-0.05, 0) is 42.0 Å². The first-order valence-corrected chi connectivity index (χ1v) is 8.68. The van der Waals surface area contributed by atoms with Crippen molar-refractivity contribution >= 4 is 11.9 Å². The Morgan fingerprint density at radius 2 is 1.80 bits per heavy atom. The van der Waals surface area contributed by atoms with Gasteiger partial charge >= 0.3 is 12.3 Å². The molecule has 0 unspecified atom stereocenters. The van der Waals surface area contributed by atoms with Crippen LogP contribution in [0.2, 0.25) is 0 Å². The van der Waals surface area contributed by atoms with Gasteiger partial charge in [0.25, 0.3) is 0 Å². The highest BCUT2D eigenvalue weighted by Crippen LogP contribution is 2.27. The van der Waals surface area contributed by atoms with Gasteiger partial charge in [0.05, 0.1) is 20.8 Å². The minimum absolute atomic E-state index is 0.102. The largest absolute Gasteiger partial charge is 0.504 e. The van der Waals surface area contributed by atoms with Gasteiger partial charge < -0.3 is 19.3 Å². The number of hydrogen-bond acceptors (Lipinski definition) is 5. The van der Waals surface area contributed by atoms with E-state index in [0.29, 0.717) is 16.9 Å². The van der Waals surface area contributed by atoms with E-state index in [1.807, 2.05) is 0 Å². The molecule has 0 aliphatic rings. The fourth-order valence-electron chi connectivity index (χ4n) is 2.47. The van der Waals surface area contributed by atoms with E-state index < -0.39 is 19.0 Å². The molecule has 0 heterocycles. The highest BCUT2D eigenvalue weighted by atomic mass is 19.3. The van der Waals surface area contributed by atoms with Gasteiger partial charge in [0, 0.05) is 11.1 Å². The predicted molar refractivity (Wildman–Crippen MR) is 102 cm³/mol. The maximum atomic E-state index is 13.0. The van der Waals surface area contributed by atoms with Crippen molar-refractivity contribution in [2.45, 2.75) is 19.0 Å². The molecule has 5 nitrogen and oxygen atoms in total. The lowest BCUT2D eigenvalue weighted by molar-refractivity contribution is -0.168. The molecular formula is C21H20F4O5. The Hall–Kier alpha value is -3.07. The molecule has 0 amide bonds. The molecule has 0 bridgehead atoms. The van der Waals surface area contributed by atoms with Gasteiger partial charge in [-0.3, -0.25) is 4.79 Å². The third-order valence-corrected chi connectivity index (χ3v) is 4.07. The summed E-state index contributed by atoms with van der Waals surface area (Å²) in [7, 11) is 2.72. The summed E-state index contributed by atoms with van der Waals surface area (Å²) in [4.78, 5) is 12.3. The first kappa shape index (κ1) is 23.2. The smallest absolute Gasteiger partial charge is 0.330 e. The summed E-state index contributed by atoms with van der Waals surface area (Å²) < 4.78 is 65.2. The van der Waals surface area contributed by atoms with E-state index in [9.17, 15) is 27.5 Å². The molecule has 2 aromatic rings. The van der Waals surface area contributed by atoms with Crippen molar-refractivity contribution in [3.63, 3.8) is 0 Å². The van der Waals surface area contributed by atoms with Crippen LogP contribution >= 0.6 is 0 Å². The fraction of sp³-hybridized carbons (Fsp3) is 0.286. The summed E-state index contributed by atoms with van der Waals surface area (Å²) >= 11 is 0. The third-order valence-electron chi connectivity index (χ3n) is 4.07. The Kier molecular flexibility index (Phi) is 7.82. The Labute approximate surface area is 170 Å². The van der Waals surface area contributed by atoms with Crippen molar-refractivity contribution in [2.75, 3.05) is 20.8 Å². The summed E-state index contributed by atoms with van der Waals surface area (Å²) in [5.74, 6) is -4.24. The van der Waals surface area contributed by atoms with E-state index in [0.717, 1.165) is 0 Å². The van der Waals surface area contributed by atoms with Crippen LogP contribution in [0.15, 0.2) is 42.5 Å². The Morgan fingerprint density at radius 1 is 1.10 bits per heavy atom.